The van der Waals surface area contributed by atoms with Gasteiger partial charge >= 0.3 is 0 Å². The van der Waals surface area contributed by atoms with Gasteiger partial charge in [-0.25, -0.2) is 4.99 Å². The highest BCUT2D eigenvalue weighted by Crippen LogP contribution is 2.24. The van der Waals surface area contributed by atoms with E-state index in [1.807, 2.05) is 6.07 Å². The monoisotopic (exact) mass is 266 g/mol. The smallest absolute Gasteiger partial charge is 0.275 e. The normalized spacial score (nSPS) is 10.3. The Morgan fingerprint density at radius 2 is 2.10 bits per heavy atom. The van der Waals surface area contributed by atoms with Gasteiger partial charge in [0.25, 0.3) is 5.56 Å². The molecule has 98 valence electrons. The summed E-state index contributed by atoms with van der Waals surface area (Å²) in [6.45, 7) is 2.18. The zero-order valence-electron chi connectivity index (χ0n) is 10.7. The number of aromatic nitrogens is 1. The minimum absolute atomic E-state index is 0.0413. The maximum absolute atomic E-state index is 12.2. The third-order valence-corrected chi connectivity index (χ3v) is 2.67. The van der Waals surface area contributed by atoms with Gasteiger partial charge in [0.05, 0.1) is 12.1 Å². The van der Waals surface area contributed by atoms with E-state index in [-0.39, 0.29) is 16.8 Å². The minimum atomic E-state index is -0.509. The Bertz CT molecular complexity index is 822. The van der Waals surface area contributed by atoms with Crippen LogP contribution in [0.1, 0.15) is 18.1 Å². The van der Waals surface area contributed by atoms with Gasteiger partial charge in [0.2, 0.25) is 0 Å². The van der Waals surface area contributed by atoms with Crippen molar-refractivity contribution in [2.75, 3.05) is 6.61 Å². The van der Waals surface area contributed by atoms with E-state index < -0.39 is 5.56 Å². The molecule has 0 aromatic carbocycles. The summed E-state index contributed by atoms with van der Waals surface area (Å²) in [5.41, 5.74) is -0.0769. The number of nitriles is 2. The molecule has 0 aliphatic rings. The molecule has 0 amide bonds. The molecule has 0 radical (unpaired) electrons. The fraction of sp³-hybridized carbons (Fsp3) is 0.143. The highest BCUT2D eigenvalue weighted by Gasteiger charge is 2.16. The van der Waals surface area contributed by atoms with Crippen LogP contribution in [-0.4, -0.2) is 17.4 Å². The average Bonchev–Trinajstić information content (AvgIpc) is 2.48. The van der Waals surface area contributed by atoms with Crippen LogP contribution in [0.4, 0.5) is 5.69 Å². The summed E-state index contributed by atoms with van der Waals surface area (Å²) < 4.78 is 6.23. The molecule has 0 aliphatic heterocycles. The van der Waals surface area contributed by atoms with Crippen molar-refractivity contribution >= 4 is 17.6 Å². The first kappa shape index (κ1) is 13.3. The topological polar surface area (TPSA) is 90.7 Å². The molecule has 0 aliphatic carbocycles. The summed E-state index contributed by atoms with van der Waals surface area (Å²) in [6, 6.07) is 8.78. The van der Waals surface area contributed by atoms with Crippen LogP contribution < -0.4 is 5.56 Å². The molecule has 0 atom stereocenters. The largest absolute Gasteiger partial charge is 0.483 e. The first-order valence-corrected chi connectivity index (χ1v) is 5.86. The Hall–Kier alpha value is -3.12. The molecule has 0 N–H and O–H groups in total. The summed E-state index contributed by atoms with van der Waals surface area (Å²) in [7, 11) is 0. The van der Waals surface area contributed by atoms with Crippen LogP contribution >= 0.6 is 0 Å². The van der Waals surface area contributed by atoms with Crippen LogP contribution in [0.15, 0.2) is 34.2 Å². The van der Waals surface area contributed by atoms with Crippen LogP contribution in [0.2, 0.25) is 0 Å². The van der Waals surface area contributed by atoms with Gasteiger partial charge in [-0.05, 0) is 19.1 Å². The Kier molecular flexibility index (Phi) is 3.78. The molecule has 2 aromatic rings. The summed E-state index contributed by atoms with van der Waals surface area (Å²) in [4.78, 5) is 16.1. The standard InChI is InChI=1S/C14H10N4O2/c1-2-20-9-17-13-10(7-15)12-5-3-4-6-18(12)14(19)11(13)8-16/h3-6,9H,2H2,1H3. The molecule has 20 heavy (non-hydrogen) atoms. The molecule has 2 aromatic heterocycles. The van der Waals surface area contributed by atoms with Crippen molar-refractivity contribution in [2.45, 2.75) is 6.92 Å². The second-order valence-corrected chi connectivity index (χ2v) is 3.77. The second-order valence-electron chi connectivity index (χ2n) is 3.77. The lowest BCUT2D eigenvalue weighted by molar-refractivity contribution is 0.344. The molecule has 6 heteroatoms. The lowest BCUT2D eigenvalue weighted by Gasteiger charge is -2.06. The van der Waals surface area contributed by atoms with Gasteiger partial charge in [-0.3, -0.25) is 9.20 Å². The Labute approximate surface area is 114 Å². The van der Waals surface area contributed by atoms with Gasteiger partial charge in [0.1, 0.15) is 29.0 Å². The zero-order valence-corrected chi connectivity index (χ0v) is 10.7. The van der Waals surface area contributed by atoms with Gasteiger partial charge in [-0.2, -0.15) is 10.5 Å². The lowest BCUT2D eigenvalue weighted by atomic mass is 10.1. The lowest BCUT2D eigenvalue weighted by Crippen LogP contribution is -2.18. The predicted molar refractivity (Wildman–Crippen MR) is 72.9 cm³/mol. The second kappa shape index (κ2) is 5.68. The van der Waals surface area contributed by atoms with Crippen molar-refractivity contribution in [3.63, 3.8) is 0 Å². The number of aliphatic imine (C=N–C) groups is 1. The molecular formula is C14H10N4O2. The molecule has 0 spiro atoms. The van der Waals surface area contributed by atoms with Gasteiger partial charge in [0.15, 0.2) is 6.40 Å². The van der Waals surface area contributed by atoms with E-state index in [4.69, 9.17) is 10.00 Å². The fourth-order valence-electron chi connectivity index (χ4n) is 1.80. The molecule has 0 unspecified atom stereocenters. The summed E-state index contributed by atoms with van der Waals surface area (Å²) in [6.07, 6.45) is 2.64. The molecule has 6 nitrogen and oxygen atoms in total. The van der Waals surface area contributed by atoms with Gasteiger partial charge in [-0.1, -0.05) is 6.07 Å². The third-order valence-electron chi connectivity index (χ3n) is 2.67. The van der Waals surface area contributed by atoms with Crippen molar-refractivity contribution in [1.29, 1.82) is 10.5 Å². The van der Waals surface area contributed by atoms with E-state index in [1.54, 1.807) is 31.2 Å². The van der Waals surface area contributed by atoms with E-state index >= 15 is 0 Å². The van der Waals surface area contributed by atoms with Gasteiger partial charge in [0, 0.05) is 6.20 Å². The molecule has 0 saturated carbocycles. The molecular weight excluding hydrogens is 256 g/mol. The average molecular weight is 266 g/mol. The molecule has 0 saturated heterocycles. The molecule has 0 bridgehead atoms. The van der Waals surface area contributed by atoms with Crippen molar-refractivity contribution in [2.24, 2.45) is 4.99 Å². The van der Waals surface area contributed by atoms with Gasteiger partial charge in [-0.15, -0.1) is 0 Å². The highest BCUT2D eigenvalue weighted by molar-refractivity contribution is 5.77. The van der Waals surface area contributed by atoms with Crippen molar-refractivity contribution in [1.82, 2.24) is 4.40 Å². The number of hydrogen-bond donors (Lipinski definition) is 0. The van der Waals surface area contributed by atoms with Crippen LogP contribution in [0, 0.1) is 22.7 Å². The van der Waals surface area contributed by atoms with E-state index in [1.165, 1.54) is 10.6 Å². The van der Waals surface area contributed by atoms with Crippen molar-refractivity contribution in [3.05, 3.63) is 45.9 Å². The number of pyridine rings is 2. The summed E-state index contributed by atoms with van der Waals surface area (Å²) >= 11 is 0. The highest BCUT2D eigenvalue weighted by atomic mass is 16.5. The third kappa shape index (κ3) is 2.11. The number of hydrogen-bond acceptors (Lipinski definition) is 5. The SMILES string of the molecule is CCOC=Nc1c(C#N)c(=O)n2ccccc2c1C#N. The zero-order chi connectivity index (χ0) is 14.5. The number of fused-ring (bicyclic) bond motifs is 1. The minimum Gasteiger partial charge on any atom is -0.483 e. The summed E-state index contributed by atoms with van der Waals surface area (Å²) in [5.74, 6) is 0. The molecule has 2 rings (SSSR count). The summed E-state index contributed by atoms with van der Waals surface area (Å²) in [5, 5.41) is 18.4. The van der Waals surface area contributed by atoms with Crippen molar-refractivity contribution in [3.8, 4) is 12.1 Å². The van der Waals surface area contributed by atoms with Crippen molar-refractivity contribution < 1.29 is 4.74 Å². The van der Waals surface area contributed by atoms with Gasteiger partial charge < -0.3 is 4.74 Å². The first-order valence-electron chi connectivity index (χ1n) is 5.86. The maximum atomic E-state index is 12.2. The number of rotatable bonds is 3. The number of ether oxygens (including phenoxy) is 1. The number of nitrogens with zero attached hydrogens (tertiary/aromatic N) is 4. The molecule has 0 fully saturated rings. The predicted octanol–water partition coefficient (Wildman–Crippen LogP) is 1.74. The Morgan fingerprint density at radius 3 is 2.75 bits per heavy atom. The van der Waals surface area contributed by atoms with Crippen LogP contribution in [0.25, 0.3) is 5.52 Å². The first-order chi connectivity index (χ1) is 9.74. The van der Waals surface area contributed by atoms with E-state index in [2.05, 4.69) is 4.99 Å². The van der Waals surface area contributed by atoms with Crippen LogP contribution in [-0.2, 0) is 4.74 Å². The molecule has 2 heterocycles. The Morgan fingerprint density at radius 1 is 1.35 bits per heavy atom. The van der Waals surface area contributed by atoms with Crippen LogP contribution in [0.3, 0.4) is 0 Å². The fourth-order valence-corrected chi connectivity index (χ4v) is 1.80. The maximum Gasteiger partial charge on any atom is 0.275 e. The van der Waals surface area contributed by atoms with E-state index in [9.17, 15) is 10.1 Å². The van der Waals surface area contributed by atoms with E-state index in [0.717, 1.165) is 6.40 Å². The van der Waals surface area contributed by atoms with Crippen LogP contribution in [0.5, 0.6) is 0 Å². The van der Waals surface area contributed by atoms with E-state index in [0.29, 0.717) is 12.1 Å². The Balaban J connectivity index is 2.89. The quantitative estimate of drug-likeness (QED) is 0.625.